The Hall–Kier alpha value is -1.47. The van der Waals surface area contributed by atoms with E-state index in [0.29, 0.717) is 10.9 Å². The van der Waals surface area contributed by atoms with E-state index in [1.165, 1.54) is 42.8 Å². The lowest BCUT2D eigenvalue weighted by atomic mass is 10.3. The van der Waals surface area contributed by atoms with Crippen molar-refractivity contribution in [3.8, 4) is 0 Å². The maximum atomic E-state index is 12.0. The quantitative estimate of drug-likeness (QED) is 0.886. The Morgan fingerprint density at radius 1 is 1.14 bits per heavy atom. The van der Waals surface area contributed by atoms with E-state index in [0.717, 1.165) is 0 Å². The molecule has 0 amide bonds. The number of anilines is 1. The first kappa shape index (κ1) is 14.5. The van der Waals surface area contributed by atoms with Gasteiger partial charge in [-0.2, -0.15) is 13.5 Å². The molecule has 0 spiro atoms. The van der Waals surface area contributed by atoms with Gasteiger partial charge in [0.2, 0.25) is 0 Å². The maximum Gasteiger partial charge on any atom is 0.278 e. The van der Waals surface area contributed by atoms with Crippen LogP contribution in [-0.4, -0.2) is 23.9 Å². The summed E-state index contributed by atoms with van der Waals surface area (Å²) in [5.74, 6) is 0. The molecule has 0 saturated heterocycles. The molecule has 1 fully saturated rings. The molecule has 2 N–H and O–H groups in total. The van der Waals surface area contributed by atoms with Crippen LogP contribution < -0.4 is 4.72 Å². The minimum atomic E-state index is -3.58. The highest BCUT2D eigenvalue weighted by atomic mass is 32.2. The molecule has 0 bridgehead atoms. The number of aromatic nitrogens is 2. The first-order chi connectivity index (χ1) is 10.1. The third-order valence-corrected chi connectivity index (χ3v) is 6.14. The van der Waals surface area contributed by atoms with Gasteiger partial charge in [-0.3, -0.25) is 9.82 Å². The first-order valence-corrected chi connectivity index (χ1v) is 9.29. The van der Waals surface area contributed by atoms with Crippen LogP contribution in [0.4, 0.5) is 5.69 Å². The van der Waals surface area contributed by atoms with Crippen LogP contribution in [-0.2, 0) is 10.0 Å². The molecule has 7 heteroatoms. The maximum absolute atomic E-state index is 12.0. The van der Waals surface area contributed by atoms with Gasteiger partial charge in [0.15, 0.2) is 5.03 Å². The van der Waals surface area contributed by atoms with E-state index in [4.69, 9.17) is 0 Å². The van der Waals surface area contributed by atoms with E-state index in [2.05, 4.69) is 14.9 Å². The molecule has 21 heavy (non-hydrogen) atoms. The molecule has 0 aliphatic heterocycles. The number of nitrogens with one attached hydrogen (secondary N) is 2. The van der Waals surface area contributed by atoms with Gasteiger partial charge in [0, 0.05) is 15.8 Å². The average molecular weight is 323 g/mol. The first-order valence-electron chi connectivity index (χ1n) is 6.92. The van der Waals surface area contributed by atoms with Crippen molar-refractivity contribution in [1.82, 2.24) is 10.2 Å². The van der Waals surface area contributed by atoms with Gasteiger partial charge < -0.3 is 0 Å². The molecule has 1 heterocycles. The molecule has 1 aromatic heterocycles. The van der Waals surface area contributed by atoms with Gasteiger partial charge in [0.05, 0.1) is 6.20 Å². The molecule has 1 aliphatic rings. The molecule has 1 aliphatic carbocycles. The van der Waals surface area contributed by atoms with Crippen molar-refractivity contribution in [2.24, 2.45) is 0 Å². The molecule has 0 unspecified atom stereocenters. The fourth-order valence-corrected chi connectivity index (χ4v) is 4.62. The van der Waals surface area contributed by atoms with Crippen molar-refractivity contribution in [2.45, 2.75) is 40.9 Å². The summed E-state index contributed by atoms with van der Waals surface area (Å²) in [6.45, 7) is 0. The summed E-state index contributed by atoms with van der Waals surface area (Å²) in [5, 5.41) is 6.87. The normalized spacial score (nSPS) is 16.2. The van der Waals surface area contributed by atoms with E-state index in [1.807, 2.05) is 23.9 Å². The second kappa shape index (κ2) is 6.11. The van der Waals surface area contributed by atoms with Gasteiger partial charge in [-0.1, -0.05) is 12.8 Å². The van der Waals surface area contributed by atoms with E-state index < -0.39 is 10.0 Å². The highest BCUT2D eigenvalue weighted by molar-refractivity contribution is 8.00. The lowest BCUT2D eigenvalue weighted by Crippen LogP contribution is -2.13. The summed E-state index contributed by atoms with van der Waals surface area (Å²) in [7, 11) is -3.58. The zero-order chi connectivity index (χ0) is 14.7. The third kappa shape index (κ3) is 3.59. The minimum absolute atomic E-state index is 0.0620. The van der Waals surface area contributed by atoms with Crippen molar-refractivity contribution >= 4 is 27.5 Å². The van der Waals surface area contributed by atoms with E-state index in [1.54, 1.807) is 12.1 Å². The number of aromatic amines is 1. The SMILES string of the molecule is O=S(=O)(Nc1ccc(SC2CCCC2)cc1)c1ccn[nH]1. The van der Waals surface area contributed by atoms with Crippen LogP contribution in [0.5, 0.6) is 0 Å². The molecule has 112 valence electrons. The number of H-pyrrole nitrogens is 1. The fraction of sp³-hybridized carbons (Fsp3) is 0.357. The van der Waals surface area contributed by atoms with Crippen molar-refractivity contribution in [1.29, 1.82) is 0 Å². The van der Waals surface area contributed by atoms with Crippen LogP contribution in [0.15, 0.2) is 46.5 Å². The Balaban J connectivity index is 1.67. The predicted molar refractivity (Wildman–Crippen MR) is 84.0 cm³/mol. The Kier molecular flexibility index (Phi) is 4.21. The lowest BCUT2D eigenvalue weighted by Gasteiger charge is -2.10. The van der Waals surface area contributed by atoms with Crippen LogP contribution in [0.25, 0.3) is 0 Å². The summed E-state index contributed by atoms with van der Waals surface area (Å²) in [6, 6.07) is 8.95. The van der Waals surface area contributed by atoms with Gasteiger partial charge in [-0.15, -0.1) is 11.8 Å². The van der Waals surface area contributed by atoms with Gasteiger partial charge in [-0.05, 0) is 43.2 Å². The number of hydrogen-bond donors (Lipinski definition) is 2. The minimum Gasteiger partial charge on any atom is -0.278 e. The zero-order valence-electron chi connectivity index (χ0n) is 11.5. The number of thioether (sulfide) groups is 1. The number of nitrogens with zero attached hydrogens (tertiary/aromatic N) is 1. The van der Waals surface area contributed by atoms with Gasteiger partial charge in [-0.25, -0.2) is 0 Å². The van der Waals surface area contributed by atoms with Crippen molar-refractivity contribution in [2.75, 3.05) is 4.72 Å². The molecular formula is C14H17N3O2S2. The van der Waals surface area contributed by atoms with E-state index in [-0.39, 0.29) is 5.03 Å². The Bertz CT molecular complexity index is 676. The van der Waals surface area contributed by atoms with Crippen molar-refractivity contribution in [3.05, 3.63) is 36.5 Å². The largest absolute Gasteiger partial charge is 0.278 e. The Morgan fingerprint density at radius 2 is 1.86 bits per heavy atom. The van der Waals surface area contributed by atoms with Crippen LogP contribution >= 0.6 is 11.8 Å². The Labute approximate surface area is 128 Å². The molecule has 0 radical (unpaired) electrons. The highest BCUT2D eigenvalue weighted by Gasteiger charge is 2.17. The number of benzene rings is 1. The van der Waals surface area contributed by atoms with Crippen molar-refractivity contribution in [3.63, 3.8) is 0 Å². The van der Waals surface area contributed by atoms with Crippen LogP contribution in [0.3, 0.4) is 0 Å². The van der Waals surface area contributed by atoms with Crippen LogP contribution in [0.1, 0.15) is 25.7 Å². The molecule has 5 nitrogen and oxygen atoms in total. The molecular weight excluding hydrogens is 306 g/mol. The third-order valence-electron chi connectivity index (χ3n) is 3.48. The van der Waals surface area contributed by atoms with Crippen molar-refractivity contribution < 1.29 is 8.42 Å². The lowest BCUT2D eigenvalue weighted by molar-refractivity contribution is 0.597. The number of rotatable bonds is 5. The number of sulfonamides is 1. The smallest absolute Gasteiger partial charge is 0.278 e. The zero-order valence-corrected chi connectivity index (χ0v) is 13.1. The second-order valence-electron chi connectivity index (χ2n) is 5.08. The molecule has 2 aromatic rings. The van der Waals surface area contributed by atoms with Gasteiger partial charge in [0.1, 0.15) is 0 Å². The highest BCUT2D eigenvalue weighted by Crippen LogP contribution is 2.35. The molecule has 0 atom stereocenters. The standard InChI is InChI=1S/C14H17N3O2S2/c18-21(19,14-9-10-15-16-14)17-11-5-7-13(8-6-11)20-12-3-1-2-4-12/h5-10,12,17H,1-4H2,(H,15,16). The predicted octanol–water partition coefficient (Wildman–Crippen LogP) is 3.25. The fourth-order valence-electron chi connectivity index (χ4n) is 2.40. The van der Waals surface area contributed by atoms with Crippen LogP contribution in [0, 0.1) is 0 Å². The number of hydrogen-bond acceptors (Lipinski definition) is 4. The summed E-state index contributed by atoms with van der Waals surface area (Å²) >= 11 is 1.88. The summed E-state index contributed by atoms with van der Waals surface area (Å²) in [5.41, 5.74) is 0.556. The summed E-state index contributed by atoms with van der Waals surface area (Å²) in [6.07, 6.45) is 6.60. The van der Waals surface area contributed by atoms with E-state index >= 15 is 0 Å². The van der Waals surface area contributed by atoms with Gasteiger partial charge in [0.25, 0.3) is 10.0 Å². The monoisotopic (exact) mass is 323 g/mol. The average Bonchev–Trinajstić information content (AvgIpc) is 3.13. The molecule has 1 saturated carbocycles. The molecule has 3 rings (SSSR count). The second-order valence-corrected chi connectivity index (χ2v) is 8.10. The van der Waals surface area contributed by atoms with Crippen LogP contribution in [0.2, 0.25) is 0 Å². The topological polar surface area (TPSA) is 74.8 Å². The van der Waals surface area contributed by atoms with Gasteiger partial charge >= 0.3 is 0 Å². The summed E-state index contributed by atoms with van der Waals surface area (Å²) in [4.78, 5) is 1.19. The van der Waals surface area contributed by atoms with E-state index in [9.17, 15) is 8.42 Å². The Morgan fingerprint density at radius 3 is 2.48 bits per heavy atom. The molecule has 1 aromatic carbocycles. The summed E-state index contributed by atoms with van der Waals surface area (Å²) < 4.78 is 26.6.